The molecule has 6 heteroatoms. The van der Waals surface area contributed by atoms with Gasteiger partial charge < -0.3 is 14.8 Å². The molecule has 0 aliphatic carbocycles. The lowest BCUT2D eigenvalue weighted by molar-refractivity contribution is 0.476. The Bertz CT molecular complexity index is 530. The summed E-state index contributed by atoms with van der Waals surface area (Å²) >= 11 is 0. The van der Waals surface area contributed by atoms with Gasteiger partial charge in [-0.15, -0.1) is 5.10 Å². The number of nitrogens with one attached hydrogen (secondary N) is 1. The lowest BCUT2D eigenvalue weighted by Gasteiger charge is -2.02. The molecule has 0 aliphatic rings. The summed E-state index contributed by atoms with van der Waals surface area (Å²) in [7, 11) is 0. The number of rotatable bonds is 3. The molecule has 0 aliphatic heterocycles. The van der Waals surface area contributed by atoms with Gasteiger partial charge in [-0.1, -0.05) is 17.2 Å². The first-order valence-electron chi connectivity index (χ1n) is 4.54. The minimum Gasteiger partial charge on any atom is -0.506 e. The van der Waals surface area contributed by atoms with Crippen molar-refractivity contribution in [2.75, 3.05) is 5.32 Å². The molecular formula is C10H8N4O2. The summed E-state index contributed by atoms with van der Waals surface area (Å²) in [6, 6.07) is 8.71. The highest BCUT2D eigenvalue weighted by molar-refractivity contribution is 5.60. The van der Waals surface area contributed by atoms with Crippen molar-refractivity contribution in [1.82, 2.24) is 10.2 Å². The molecule has 0 unspecified atom stereocenters. The second kappa shape index (κ2) is 4.31. The van der Waals surface area contributed by atoms with Gasteiger partial charge in [-0.3, -0.25) is 0 Å². The first kappa shape index (κ1) is 9.98. The zero-order valence-corrected chi connectivity index (χ0v) is 8.21. The molecule has 0 spiro atoms. The highest BCUT2D eigenvalue weighted by Gasteiger charge is 2.07. The van der Waals surface area contributed by atoms with E-state index in [1.807, 2.05) is 6.07 Å². The maximum absolute atomic E-state index is 9.48. The Hall–Kier alpha value is -2.55. The van der Waals surface area contributed by atoms with E-state index in [1.165, 1.54) is 6.07 Å². The van der Waals surface area contributed by atoms with Crippen molar-refractivity contribution in [2.45, 2.75) is 6.42 Å². The highest BCUT2D eigenvalue weighted by atomic mass is 16.4. The van der Waals surface area contributed by atoms with Gasteiger partial charge in [0.2, 0.25) is 5.89 Å². The van der Waals surface area contributed by atoms with Crippen molar-refractivity contribution in [1.29, 1.82) is 5.26 Å². The van der Waals surface area contributed by atoms with E-state index in [0.29, 0.717) is 5.69 Å². The summed E-state index contributed by atoms with van der Waals surface area (Å²) in [6.07, 6.45) is 0.0649. The molecule has 0 radical (unpaired) electrons. The fraction of sp³-hybridized carbons (Fsp3) is 0.100. The van der Waals surface area contributed by atoms with Gasteiger partial charge in [0.1, 0.15) is 12.2 Å². The maximum atomic E-state index is 9.48. The van der Waals surface area contributed by atoms with Gasteiger partial charge in [0.15, 0.2) is 0 Å². The predicted molar refractivity (Wildman–Crippen MR) is 55.0 cm³/mol. The van der Waals surface area contributed by atoms with Crippen LogP contribution in [0.1, 0.15) is 5.89 Å². The average molecular weight is 216 g/mol. The van der Waals surface area contributed by atoms with Gasteiger partial charge in [-0.2, -0.15) is 5.26 Å². The Morgan fingerprint density at radius 2 is 2.19 bits per heavy atom. The molecule has 0 fully saturated rings. The van der Waals surface area contributed by atoms with Crippen molar-refractivity contribution in [2.24, 2.45) is 0 Å². The van der Waals surface area contributed by atoms with Crippen LogP contribution in [0.2, 0.25) is 0 Å². The Balaban J connectivity index is 2.15. The lowest BCUT2D eigenvalue weighted by atomic mass is 10.3. The van der Waals surface area contributed by atoms with Crippen LogP contribution >= 0.6 is 0 Å². The number of phenolic OH excluding ortho intramolecular Hbond substituents is 1. The van der Waals surface area contributed by atoms with Crippen LogP contribution in [0, 0.1) is 11.3 Å². The van der Waals surface area contributed by atoms with Gasteiger partial charge in [-0.05, 0) is 12.1 Å². The Labute approximate surface area is 91.2 Å². The lowest BCUT2D eigenvalue weighted by Crippen LogP contribution is -1.90. The van der Waals surface area contributed by atoms with Gasteiger partial charge in [0.25, 0.3) is 0 Å². The Morgan fingerprint density at radius 1 is 1.38 bits per heavy atom. The number of nitrogens with zero attached hydrogens (tertiary/aromatic N) is 3. The number of para-hydroxylation sites is 2. The highest BCUT2D eigenvalue weighted by Crippen LogP contribution is 2.24. The zero-order chi connectivity index (χ0) is 11.4. The van der Waals surface area contributed by atoms with Crippen LogP contribution in [0.3, 0.4) is 0 Å². The molecule has 2 rings (SSSR count). The standard InChI is InChI=1S/C10H8N4O2/c11-6-5-9-13-14-10(16-9)12-7-3-1-2-4-8(7)15/h1-4,15H,5H2,(H,12,14). The third-order valence-electron chi connectivity index (χ3n) is 1.84. The van der Waals surface area contributed by atoms with Gasteiger partial charge in [0.05, 0.1) is 11.8 Å². The van der Waals surface area contributed by atoms with Gasteiger partial charge in [-0.25, -0.2) is 0 Å². The average Bonchev–Trinajstić information content (AvgIpc) is 2.70. The van der Waals surface area contributed by atoms with E-state index < -0.39 is 0 Å². The number of phenols is 1. The second-order valence-corrected chi connectivity index (χ2v) is 2.98. The molecule has 1 heterocycles. The Morgan fingerprint density at radius 3 is 2.94 bits per heavy atom. The molecule has 0 bridgehead atoms. The molecule has 6 nitrogen and oxygen atoms in total. The van der Waals surface area contributed by atoms with Crippen LogP contribution in [0.15, 0.2) is 28.7 Å². The van der Waals surface area contributed by atoms with E-state index in [1.54, 1.807) is 18.2 Å². The van der Waals surface area contributed by atoms with Crippen LogP contribution in [0.4, 0.5) is 11.7 Å². The van der Waals surface area contributed by atoms with Crippen molar-refractivity contribution in [3.05, 3.63) is 30.2 Å². The van der Waals surface area contributed by atoms with Crippen LogP contribution < -0.4 is 5.32 Å². The predicted octanol–water partition coefficient (Wildman–Crippen LogP) is 1.58. The van der Waals surface area contributed by atoms with E-state index in [0.717, 1.165) is 0 Å². The third kappa shape index (κ3) is 2.09. The number of benzene rings is 1. The quantitative estimate of drug-likeness (QED) is 0.756. The summed E-state index contributed by atoms with van der Waals surface area (Å²) in [5, 5.41) is 28.0. The zero-order valence-electron chi connectivity index (χ0n) is 8.21. The molecular weight excluding hydrogens is 208 g/mol. The van der Waals surface area contributed by atoms with Crippen molar-refractivity contribution in [3.8, 4) is 11.8 Å². The molecule has 0 amide bonds. The SMILES string of the molecule is N#CCc1nnc(Nc2ccccc2O)o1. The van der Waals surface area contributed by atoms with Crippen LogP contribution in [-0.2, 0) is 6.42 Å². The Kier molecular flexibility index (Phi) is 2.69. The summed E-state index contributed by atoms with van der Waals surface area (Å²) < 4.78 is 5.12. The first-order valence-corrected chi connectivity index (χ1v) is 4.54. The van der Waals surface area contributed by atoms with E-state index in [2.05, 4.69) is 15.5 Å². The molecule has 0 saturated heterocycles. The van der Waals surface area contributed by atoms with Crippen molar-refractivity contribution >= 4 is 11.7 Å². The first-order chi connectivity index (χ1) is 7.79. The number of hydrogen-bond donors (Lipinski definition) is 2. The normalized spacial score (nSPS) is 9.69. The maximum Gasteiger partial charge on any atom is 0.320 e. The van der Waals surface area contributed by atoms with Gasteiger partial charge >= 0.3 is 6.01 Å². The number of aromatic nitrogens is 2. The monoisotopic (exact) mass is 216 g/mol. The second-order valence-electron chi connectivity index (χ2n) is 2.98. The van der Waals surface area contributed by atoms with E-state index >= 15 is 0 Å². The molecule has 1 aromatic heterocycles. The molecule has 16 heavy (non-hydrogen) atoms. The summed E-state index contributed by atoms with van der Waals surface area (Å²) in [6.45, 7) is 0. The number of nitriles is 1. The van der Waals surface area contributed by atoms with Gasteiger partial charge in [0, 0.05) is 0 Å². The topological polar surface area (TPSA) is 95.0 Å². The molecule has 2 N–H and O–H groups in total. The molecule has 0 atom stereocenters. The fourth-order valence-corrected chi connectivity index (χ4v) is 1.14. The van der Waals surface area contributed by atoms with Crippen molar-refractivity contribution in [3.63, 3.8) is 0 Å². The molecule has 2 aromatic rings. The van der Waals surface area contributed by atoms with Crippen LogP contribution in [0.25, 0.3) is 0 Å². The van der Waals surface area contributed by atoms with E-state index in [-0.39, 0.29) is 24.1 Å². The van der Waals surface area contributed by atoms with Crippen molar-refractivity contribution < 1.29 is 9.52 Å². The van der Waals surface area contributed by atoms with Crippen LogP contribution in [0.5, 0.6) is 5.75 Å². The van der Waals surface area contributed by atoms with E-state index in [9.17, 15) is 5.11 Å². The summed E-state index contributed by atoms with van der Waals surface area (Å²) in [5.74, 6) is 0.322. The number of aromatic hydroxyl groups is 1. The smallest absolute Gasteiger partial charge is 0.320 e. The number of hydrogen-bond acceptors (Lipinski definition) is 6. The number of anilines is 2. The third-order valence-corrected chi connectivity index (χ3v) is 1.84. The molecule has 1 aromatic carbocycles. The van der Waals surface area contributed by atoms with Crippen LogP contribution in [-0.4, -0.2) is 15.3 Å². The fourth-order valence-electron chi connectivity index (χ4n) is 1.14. The summed E-state index contributed by atoms with van der Waals surface area (Å²) in [5.41, 5.74) is 0.467. The van der Waals surface area contributed by atoms with E-state index in [4.69, 9.17) is 9.68 Å². The molecule has 0 saturated carbocycles. The minimum atomic E-state index is 0.0649. The largest absolute Gasteiger partial charge is 0.506 e. The molecule has 80 valence electrons. The summed E-state index contributed by atoms with van der Waals surface area (Å²) in [4.78, 5) is 0. The minimum absolute atomic E-state index is 0.0649.